The first kappa shape index (κ1) is 24.3. The van der Waals surface area contributed by atoms with Crippen LogP contribution < -0.4 is 5.32 Å². The van der Waals surface area contributed by atoms with E-state index >= 15 is 0 Å². The molecule has 0 saturated carbocycles. The molecule has 1 fully saturated rings. The molecule has 1 aliphatic rings. The Labute approximate surface area is 199 Å². The van der Waals surface area contributed by atoms with Crippen molar-refractivity contribution in [1.29, 1.82) is 0 Å². The van der Waals surface area contributed by atoms with Crippen LogP contribution in [-0.2, 0) is 9.59 Å². The van der Waals surface area contributed by atoms with Crippen LogP contribution in [0.1, 0.15) is 55.1 Å². The first-order chi connectivity index (χ1) is 15.3. The maximum absolute atomic E-state index is 13.3. The number of hydrogen-bond acceptors (Lipinski definition) is 3. The third kappa shape index (κ3) is 6.11. The van der Waals surface area contributed by atoms with Crippen LogP contribution >= 0.6 is 23.2 Å². The summed E-state index contributed by atoms with van der Waals surface area (Å²) in [4.78, 5) is 40.4. The average molecular weight is 475 g/mol. The van der Waals surface area contributed by atoms with Gasteiger partial charge in [0, 0.05) is 31.0 Å². The van der Waals surface area contributed by atoms with Gasteiger partial charge in [-0.1, -0.05) is 67.4 Å². The van der Waals surface area contributed by atoms with E-state index in [1.807, 2.05) is 44.2 Å². The SMILES string of the molecule is CC(C)CC(=O)NC(C(=O)N1CCC(C(=O)c2ccc(Cl)c(Cl)c2)CC1)c1ccccc1. The summed E-state index contributed by atoms with van der Waals surface area (Å²) in [6.07, 6.45) is 1.48. The maximum atomic E-state index is 13.3. The molecule has 0 aliphatic carbocycles. The summed E-state index contributed by atoms with van der Waals surface area (Å²) in [7, 11) is 0. The first-order valence-corrected chi connectivity index (χ1v) is 11.6. The molecule has 0 radical (unpaired) electrons. The van der Waals surface area contributed by atoms with Crippen LogP contribution in [0, 0.1) is 11.8 Å². The Morgan fingerprint density at radius 2 is 1.66 bits per heavy atom. The highest BCUT2D eigenvalue weighted by atomic mass is 35.5. The van der Waals surface area contributed by atoms with E-state index in [-0.39, 0.29) is 29.4 Å². The van der Waals surface area contributed by atoms with Gasteiger partial charge in [-0.05, 0) is 42.5 Å². The van der Waals surface area contributed by atoms with Crippen molar-refractivity contribution >= 4 is 40.8 Å². The summed E-state index contributed by atoms with van der Waals surface area (Å²) >= 11 is 12.0. The Morgan fingerprint density at radius 1 is 1.00 bits per heavy atom. The molecule has 1 unspecified atom stereocenters. The van der Waals surface area contributed by atoms with Crippen LogP contribution in [0.3, 0.4) is 0 Å². The summed E-state index contributed by atoms with van der Waals surface area (Å²) in [5.74, 6) is -0.257. The van der Waals surface area contributed by atoms with Crippen molar-refractivity contribution in [2.75, 3.05) is 13.1 Å². The van der Waals surface area contributed by atoms with Crippen molar-refractivity contribution in [3.05, 3.63) is 69.7 Å². The van der Waals surface area contributed by atoms with Crippen molar-refractivity contribution < 1.29 is 14.4 Å². The minimum absolute atomic E-state index is 0.0144. The number of piperidine rings is 1. The summed E-state index contributed by atoms with van der Waals surface area (Å²) in [5.41, 5.74) is 1.29. The summed E-state index contributed by atoms with van der Waals surface area (Å²) in [6.45, 7) is 4.85. The Kier molecular flexibility index (Phi) is 8.32. The number of amides is 2. The minimum Gasteiger partial charge on any atom is -0.341 e. The van der Waals surface area contributed by atoms with Crippen molar-refractivity contribution in [1.82, 2.24) is 10.2 Å². The summed E-state index contributed by atoms with van der Waals surface area (Å²) in [6, 6.07) is 13.4. The highest BCUT2D eigenvalue weighted by Gasteiger charge is 2.32. The molecular formula is C25H28Cl2N2O3. The van der Waals surface area contributed by atoms with Gasteiger partial charge >= 0.3 is 0 Å². The van der Waals surface area contributed by atoms with Crippen LogP contribution in [-0.4, -0.2) is 35.6 Å². The number of nitrogens with one attached hydrogen (secondary N) is 1. The number of rotatable bonds is 7. The second-order valence-corrected chi connectivity index (χ2v) is 9.42. The predicted molar refractivity (Wildman–Crippen MR) is 127 cm³/mol. The monoisotopic (exact) mass is 474 g/mol. The lowest BCUT2D eigenvalue weighted by atomic mass is 9.88. The molecule has 1 N–H and O–H groups in total. The van der Waals surface area contributed by atoms with Gasteiger partial charge in [-0.25, -0.2) is 0 Å². The fourth-order valence-electron chi connectivity index (χ4n) is 3.95. The first-order valence-electron chi connectivity index (χ1n) is 10.9. The van der Waals surface area contributed by atoms with E-state index in [1.165, 1.54) is 0 Å². The van der Waals surface area contributed by atoms with Gasteiger partial charge in [-0.15, -0.1) is 0 Å². The molecule has 170 valence electrons. The minimum atomic E-state index is -0.732. The largest absolute Gasteiger partial charge is 0.341 e. The lowest BCUT2D eigenvalue weighted by Gasteiger charge is -2.34. The van der Waals surface area contributed by atoms with Gasteiger partial charge in [0.15, 0.2) is 5.78 Å². The van der Waals surface area contributed by atoms with Gasteiger partial charge in [0.05, 0.1) is 10.0 Å². The molecule has 2 aromatic rings. The number of carbonyl (C=O) groups is 3. The molecule has 0 bridgehead atoms. The molecule has 1 atom stereocenters. The van der Waals surface area contributed by atoms with Crippen LogP contribution in [0.2, 0.25) is 10.0 Å². The van der Waals surface area contributed by atoms with Gasteiger partial charge < -0.3 is 10.2 Å². The molecule has 1 aliphatic heterocycles. The molecule has 5 nitrogen and oxygen atoms in total. The smallest absolute Gasteiger partial charge is 0.249 e. The quantitative estimate of drug-likeness (QED) is 0.552. The fourth-order valence-corrected chi connectivity index (χ4v) is 4.25. The predicted octanol–water partition coefficient (Wildman–Crippen LogP) is 5.32. The number of benzene rings is 2. The van der Waals surface area contributed by atoms with E-state index in [4.69, 9.17) is 23.2 Å². The Morgan fingerprint density at radius 3 is 2.25 bits per heavy atom. The number of nitrogens with zero attached hydrogens (tertiary/aromatic N) is 1. The topological polar surface area (TPSA) is 66.5 Å². The zero-order valence-electron chi connectivity index (χ0n) is 18.3. The Balaban J connectivity index is 1.67. The zero-order chi connectivity index (χ0) is 23.3. The molecule has 7 heteroatoms. The van der Waals surface area contributed by atoms with Crippen LogP contribution in [0.5, 0.6) is 0 Å². The normalized spacial score (nSPS) is 15.5. The number of carbonyl (C=O) groups excluding carboxylic acids is 3. The standard InChI is InChI=1S/C25H28Cl2N2O3/c1-16(2)14-22(30)28-23(17-6-4-3-5-7-17)25(32)29-12-10-18(11-13-29)24(31)19-8-9-20(26)21(27)15-19/h3-9,15-16,18,23H,10-14H2,1-2H3,(H,28,30). The number of hydrogen-bond donors (Lipinski definition) is 1. The van der Waals surface area contributed by atoms with E-state index in [0.717, 1.165) is 5.56 Å². The number of Topliss-reactive ketones (excluding diaryl/α,β-unsaturated/α-hetero) is 1. The van der Waals surface area contributed by atoms with E-state index in [1.54, 1.807) is 23.1 Å². The Bertz CT molecular complexity index is 970. The van der Waals surface area contributed by atoms with E-state index in [2.05, 4.69) is 5.32 Å². The van der Waals surface area contributed by atoms with E-state index in [9.17, 15) is 14.4 Å². The molecule has 32 heavy (non-hydrogen) atoms. The molecule has 3 rings (SSSR count). The summed E-state index contributed by atoms with van der Waals surface area (Å²) < 4.78 is 0. The highest BCUT2D eigenvalue weighted by molar-refractivity contribution is 6.42. The molecule has 2 aromatic carbocycles. The van der Waals surface area contributed by atoms with Crippen LogP contribution in [0.4, 0.5) is 0 Å². The van der Waals surface area contributed by atoms with E-state index in [0.29, 0.717) is 48.0 Å². The molecule has 1 saturated heterocycles. The number of ketones is 1. The van der Waals surface area contributed by atoms with Crippen molar-refractivity contribution in [2.24, 2.45) is 11.8 Å². The molecular weight excluding hydrogens is 447 g/mol. The van der Waals surface area contributed by atoms with Crippen molar-refractivity contribution in [3.8, 4) is 0 Å². The van der Waals surface area contributed by atoms with Gasteiger partial charge in [-0.2, -0.15) is 0 Å². The van der Waals surface area contributed by atoms with Gasteiger partial charge in [-0.3, -0.25) is 14.4 Å². The fraction of sp³-hybridized carbons (Fsp3) is 0.400. The number of likely N-dealkylation sites (tertiary alicyclic amines) is 1. The maximum Gasteiger partial charge on any atom is 0.249 e. The van der Waals surface area contributed by atoms with Gasteiger partial charge in [0.25, 0.3) is 0 Å². The molecule has 2 amide bonds. The zero-order valence-corrected chi connectivity index (χ0v) is 19.8. The van der Waals surface area contributed by atoms with Crippen molar-refractivity contribution in [3.63, 3.8) is 0 Å². The van der Waals surface area contributed by atoms with Crippen LogP contribution in [0.25, 0.3) is 0 Å². The van der Waals surface area contributed by atoms with E-state index < -0.39 is 6.04 Å². The Hall–Kier alpha value is -2.37. The molecule has 1 heterocycles. The molecule has 0 spiro atoms. The second kappa shape index (κ2) is 11.0. The van der Waals surface area contributed by atoms with Crippen LogP contribution in [0.15, 0.2) is 48.5 Å². The average Bonchev–Trinajstić information content (AvgIpc) is 2.78. The highest BCUT2D eigenvalue weighted by Crippen LogP contribution is 2.28. The molecule has 0 aromatic heterocycles. The van der Waals surface area contributed by atoms with Gasteiger partial charge in [0.1, 0.15) is 6.04 Å². The number of halogens is 2. The second-order valence-electron chi connectivity index (χ2n) is 8.60. The third-order valence-electron chi connectivity index (χ3n) is 5.66. The van der Waals surface area contributed by atoms with Crippen molar-refractivity contribution in [2.45, 2.75) is 39.2 Å². The third-order valence-corrected chi connectivity index (χ3v) is 6.40. The lowest BCUT2D eigenvalue weighted by molar-refractivity contribution is -0.137. The summed E-state index contributed by atoms with van der Waals surface area (Å²) in [5, 5.41) is 3.68. The van der Waals surface area contributed by atoms with Gasteiger partial charge in [0.2, 0.25) is 11.8 Å². The lowest BCUT2D eigenvalue weighted by Crippen LogP contribution is -2.47.